The van der Waals surface area contributed by atoms with E-state index < -0.39 is 0 Å². The Labute approximate surface area is 164 Å². The van der Waals surface area contributed by atoms with E-state index in [1.807, 2.05) is 24.6 Å². The molecular formula is C17H22Cl3N3O2. The molecule has 1 aliphatic heterocycles. The lowest BCUT2D eigenvalue weighted by atomic mass is 10.2. The van der Waals surface area contributed by atoms with Crippen LogP contribution in [0.25, 0.3) is 5.69 Å². The fourth-order valence-corrected chi connectivity index (χ4v) is 2.95. The van der Waals surface area contributed by atoms with Gasteiger partial charge >= 0.3 is 0 Å². The molecule has 0 radical (unpaired) electrons. The van der Waals surface area contributed by atoms with Gasteiger partial charge in [0.2, 0.25) is 5.88 Å². The zero-order valence-corrected chi connectivity index (χ0v) is 16.6. The lowest BCUT2D eigenvalue weighted by Gasteiger charge is -2.26. The minimum atomic E-state index is 0. The van der Waals surface area contributed by atoms with E-state index in [0.717, 1.165) is 49.8 Å². The third-order valence-corrected chi connectivity index (χ3v) is 5.01. The largest absolute Gasteiger partial charge is 0.475 e. The number of morpholine rings is 1. The molecule has 1 aliphatic rings. The molecule has 1 aromatic heterocycles. The number of hydrogen-bond acceptors (Lipinski definition) is 4. The maximum Gasteiger partial charge on any atom is 0.236 e. The standard InChI is InChI=1S/C17H21Cl2N3O2.ClH/c1-12-13(2)22(14-3-4-15(18)16(19)11-14)20-17(12)24-10-7-21-5-8-23-9-6-21;/h3-4,11H,5-10H2,1-2H3;1H. The summed E-state index contributed by atoms with van der Waals surface area (Å²) >= 11 is 12.1. The van der Waals surface area contributed by atoms with Gasteiger partial charge in [0.05, 0.1) is 28.9 Å². The third kappa shape index (κ3) is 4.80. The Balaban J connectivity index is 0.00000225. The first-order valence-electron chi connectivity index (χ1n) is 8.01. The summed E-state index contributed by atoms with van der Waals surface area (Å²) in [5.41, 5.74) is 2.92. The van der Waals surface area contributed by atoms with Crippen LogP contribution in [-0.4, -0.2) is 54.1 Å². The fraction of sp³-hybridized carbons (Fsp3) is 0.471. The maximum atomic E-state index is 6.11. The normalized spacial score (nSPS) is 15.0. The van der Waals surface area contributed by atoms with Gasteiger partial charge in [-0.25, -0.2) is 4.68 Å². The minimum Gasteiger partial charge on any atom is -0.475 e. The summed E-state index contributed by atoms with van der Waals surface area (Å²) in [6.45, 7) is 9.02. The second-order valence-corrected chi connectivity index (χ2v) is 6.64. The molecule has 0 amide bonds. The summed E-state index contributed by atoms with van der Waals surface area (Å²) in [5.74, 6) is 0.659. The number of benzene rings is 1. The third-order valence-electron chi connectivity index (χ3n) is 4.27. The molecule has 138 valence electrons. The molecule has 0 aliphatic carbocycles. The summed E-state index contributed by atoms with van der Waals surface area (Å²) in [4.78, 5) is 2.33. The van der Waals surface area contributed by atoms with Crippen molar-refractivity contribution in [2.45, 2.75) is 13.8 Å². The van der Waals surface area contributed by atoms with Crippen molar-refractivity contribution in [3.05, 3.63) is 39.5 Å². The Hall–Kier alpha value is -0.980. The molecule has 8 heteroatoms. The average Bonchev–Trinajstić information content (AvgIpc) is 2.87. The molecule has 1 fully saturated rings. The Morgan fingerprint density at radius 1 is 1.16 bits per heavy atom. The molecule has 0 atom stereocenters. The first-order chi connectivity index (χ1) is 11.6. The first-order valence-corrected chi connectivity index (χ1v) is 8.76. The fourth-order valence-electron chi connectivity index (χ4n) is 2.66. The van der Waals surface area contributed by atoms with Crippen LogP contribution in [0, 0.1) is 13.8 Å². The second-order valence-electron chi connectivity index (χ2n) is 5.83. The van der Waals surface area contributed by atoms with E-state index in [0.29, 0.717) is 22.5 Å². The Morgan fingerprint density at radius 3 is 2.56 bits per heavy atom. The number of halogens is 3. The molecule has 5 nitrogen and oxygen atoms in total. The molecule has 25 heavy (non-hydrogen) atoms. The van der Waals surface area contributed by atoms with Crippen LogP contribution in [0.15, 0.2) is 18.2 Å². The Kier molecular flexibility index (Phi) is 7.40. The van der Waals surface area contributed by atoms with Gasteiger partial charge in [-0.15, -0.1) is 17.5 Å². The van der Waals surface area contributed by atoms with Crippen LogP contribution >= 0.6 is 35.6 Å². The predicted molar refractivity (Wildman–Crippen MR) is 103 cm³/mol. The molecule has 0 saturated carbocycles. The van der Waals surface area contributed by atoms with Crippen molar-refractivity contribution in [3.8, 4) is 11.6 Å². The minimum absolute atomic E-state index is 0. The zero-order valence-electron chi connectivity index (χ0n) is 14.3. The van der Waals surface area contributed by atoms with Crippen molar-refractivity contribution >= 4 is 35.6 Å². The van der Waals surface area contributed by atoms with Crippen LogP contribution in [0.2, 0.25) is 10.0 Å². The van der Waals surface area contributed by atoms with E-state index in [1.54, 1.807) is 12.1 Å². The highest BCUT2D eigenvalue weighted by atomic mass is 35.5. The zero-order chi connectivity index (χ0) is 17.1. The van der Waals surface area contributed by atoms with Gasteiger partial charge in [0, 0.05) is 30.9 Å². The number of aromatic nitrogens is 2. The number of rotatable bonds is 5. The number of ether oxygens (including phenoxy) is 2. The molecule has 0 N–H and O–H groups in total. The van der Waals surface area contributed by atoms with Gasteiger partial charge in [-0.3, -0.25) is 4.90 Å². The SMILES string of the molecule is Cc1c(OCCN2CCOCC2)nn(-c2ccc(Cl)c(Cl)c2)c1C.Cl. The maximum absolute atomic E-state index is 6.11. The van der Waals surface area contributed by atoms with E-state index in [1.165, 1.54) is 0 Å². The molecule has 2 aromatic rings. The van der Waals surface area contributed by atoms with Crippen LogP contribution in [0.1, 0.15) is 11.3 Å². The van der Waals surface area contributed by atoms with Crippen LogP contribution in [0.3, 0.4) is 0 Å². The number of hydrogen-bond donors (Lipinski definition) is 0. The van der Waals surface area contributed by atoms with Crippen LogP contribution in [-0.2, 0) is 4.74 Å². The molecule has 0 spiro atoms. The molecule has 0 bridgehead atoms. The van der Waals surface area contributed by atoms with Crippen molar-refractivity contribution < 1.29 is 9.47 Å². The van der Waals surface area contributed by atoms with Gasteiger partial charge in [-0.1, -0.05) is 23.2 Å². The highest BCUT2D eigenvalue weighted by Crippen LogP contribution is 2.27. The Bertz CT molecular complexity index is 715. The summed E-state index contributed by atoms with van der Waals surface area (Å²) in [6.07, 6.45) is 0. The smallest absolute Gasteiger partial charge is 0.236 e. The summed E-state index contributed by atoms with van der Waals surface area (Å²) in [5, 5.41) is 5.62. The summed E-state index contributed by atoms with van der Waals surface area (Å²) in [6, 6.07) is 5.47. The van der Waals surface area contributed by atoms with Crippen LogP contribution in [0.4, 0.5) is 0 Å². The second kappa shape index (κ2) is 9.10. The number of nitrogens with zero attached hydrogens (tertiary/aromatic N) is 3. The van der Waals surface area contributed by atoms with Crippen LogP contribution in [0.5, 0.6) is 5.88 Å². The molecule has 2 heterocycles. The van der Waals surface area contributed by atoms with E-state index in [9.17, 15) is 0 Å². The summed E-state index contributed by atoms with van der Waals surface area (Å²) < 4.78 is 13.1. The van der Waals surface area contributed by atoms with E-state index in [2.05, 4.69) is 10.00 Å². The van der Waals surface area contributed by atoms with Crippen LogP contribution < -0.4 is 4.74 Å². The summed E-state index contributed by atoms with van der Waals surface area (Å²) in [7, 11) is 0. The topological polar surface area (TPSA) is 39.5 Å². The van der Waals surface area contributed by atoms with E-state index >= 15 is 0 Å². The lowest BCUT2D eigenvalue weighted by Crippen LogP contribution is -2.38. The van der Waals surface area contributed by atoms with Crippen molar-refractivity contribution in [1.82, 2.24) is 14.7 Å². The van der Waals surface area contributed by atoms with Crippen molar-refractivity contribution in [3.63, 3.8) is 0 Å². The highest BCUT2D eigenvalue weighted by molar-refractivity contribution is 6.42. The van der Waals surface area contributed by atoms with E-state index in [4.69, 9.17) is 32.7 Å². The lowest BCUT2D eigenvalue weighted by molar-refractivity contribution is 0.0319. The van der Waals surface area contributed by atoms with E-state index in [-0.39, 0.29) is 12.4 Å². The monoisotopic (exact) mass is 405 g/mol. The van der Waals surface area contributed by atoms with Gasteiger partial charge in [0.15, 0.2) is 0 Å². The molecular weight excluding hydrogens is 385 g/mol. The quantitative estimate of drug-likeness (QED) is 0.754. The molecule has 0 unspecified atom stereocenters. The van der Waals surface area contributed by atoms with Crippen molar-refractivity contribution in [2.24, 2.45) is 0 Å². The molecule has 1 saturated heterocycles. The van der Waals surface area contributed by atoms with Gasteiger partial charge in [-0.2, -0.15) is 0 Å². The van der Waals surface area contributed by atoms with Gasteiger partial charge in [-0.05, 0) is 32.0 Å². The first kappa shape index (κ1) is 20.3. The van der Waals surface area contributed by atoms with Gasteiger partial charge in [0.25, 0.3) is 0 Å². The molecule has 3 rings (SSSR count). The van der Waals surface area contributed by atoms with Gasteiger partial charge < -0.3 is 9.47 Å². The Morgan fingerprint density at radius 2 is 1.88 bits per heavy atom. The molecule has 1 aromatic carbocycles. The van der Waals surface area contributed by atoms with Gasteiger partial charge in [0.1, 0.15) is 6.61 Å². The van der Waals surface area contributed by atoms with Crippen molar-refractivity contribution in [1.29, 1.82) is 0 Å². The predicted octanol–water partition coefficient (Wildman–Crippen LogP) is 3.93. The van der Waals surface area contributed by atoms with Crippen molar-refractivity contribution in [2.75, 3.05) is 39.5 Å². The highest BCUT2D eigenvalue weighted by Gasteiger charge is 2.15. The average molecular weight is 407 g/mol.